The van der Waals surface area contributed by atoms with E-state index in [1.54, 1.807) is 0 Å². The molecule has 2 amide bonds. The molecular formula is C50H76N4O5. The fourth-order valence-corrected chi connectivity index (χ4v) is 8.37. The maximum atomic E-state index is 14.3. The largest absolute Gasteiger partial charge is 0.346 e. The van der Waals surface area contributed by atoms with Gasteiger partial charge in [-0.3, -0.25) is 24.0 Å². The molecule has 2 aromatic carbocycles. The van der Waals surface area contributed by atoms with E-state index < -0.39 is 29.3 Å². The summed E-state index contributed by atoms with van der Waals surface area (Å²) in [6.07, 6.45) is 9.92. The lowest BCUT2D eigenvalue weighted by Gasteiger charge is -2.32. The van der Waals surface area contributed by atoms with Crippen molar-refractivity contribution in [1.29, 1.82) is 0 Å². The molecule has 9 nitrogen and oxygen atoms in total. The van der Waals surface area contributed by atoms with E-state index in [0.29, 0.717) is 38.5 Å². The topological polar surface area (TPSA) is 116 Å². The van der Waals surface area contributed by atoms with Gasteiger partial charge in [0.2, 0.25) is 11.8 Å². The lowest BCUT2D eigenvalue weighted by Crippen LogP contribution is -2.49. The molecule has 0 bridgehead atoms. The van der Waals surface area contributed by atoms with Crippen LogP contribution in [-0.2, 0) is 36.8 Å². The molecule has 9 heteroatoms. The smallest absolute Gasteiger partial charge is 0.224 e. The van der Waals surface area contributed by atoms with Crippen LogP contribution in [0.25, 0.3) is 0 Å². The molecule has 1 heterocycles. The van der Waals surface area contributed by atoms with Gasteiger partial charge in [-0.15, -0.1) is 0 Å². The number of hydrogen-bond acceptors (Lipinski definition) is 7. The minimum atomic E-state index is -0.799. The molecule has 1 aliphatic heterocycles. The van der Waals surface area contributed by atoms with Crippen LogP contribution in [-0.4, -0.2) is 90.8 Å². The number of benzene rings is 2. The van der Waals surface area contributed by atoms with Gasteiger partial charge in [0, 0.05) is 62.7 Å². The molecular weight excluding hydrogens is 737 g/mol. The third-order valence-electron chi connectivity index (χ3n) is 12.5. The van der Waals surface area contributed by atoms with E-state index in [9.17, 15) is 24.0 Å². The molecule has 4 rings (SSSR count). The van der Waals surface area contributed by atoms with E-state index in [1.807, 2.05) is 95.3 Å². The Morgan fingerprint density at radius 3 is 1.81 bits per heavy atom. The Morgan fingerprint density at radius 2 is 1.20 bits per heavy atom. The van der Waals surface area contributed by atoms with Gasteiger partial charge in [0.15, 0.2) is 11.6 Å². The van der Waals surface area contributed by atoms with Gasteiger partial charge in [-0.25, -0.2) is 0 Å². The minimum Gasteiger partial charge on any atom is -0.346 e. The van der Waals surface area contributed by atoms with Gasteiger partial charge in [-0.2, -0.15) is 0 Å². The summed E-state index contributed by atoms with van der Waals surface area (Å²) >= 11 is 0. The predicted molar refractivity (Wildman–Crippen MR) is 238 cm³/mol. The number of likely N-dealkylation sites (N-methyl/N-ethyl adjacent to an activating group) is 1. The fraction of sp³-hybridized carbons (Fsp3) is 0.660. The molecule has 2 aromatic rings. The summed E-state index contributed by atoms with van der Waals surface area (Å²) in [6.45, 7) is 15.8. The summed E-state index contributed by atoms with van der Waals surface area (Å²) in [7, 11) is 2.18. The zero-order valence-electron chi connectivity index (χ0n) is 37.3. The molecule has 2 N–H and O–H groups in total. The Bertz CT molecular complexity index is 1600. The van der Waals surface area contributed by atoms with Crippen molar-refractivity contribution in [3.8, 4) is 0 Å². The second-order valence-corrected chi connectivity index (χ2v) is 19.0. The average molecular weight is 813 g/mol. The highest BCUT2D eigenvalue weighted by Crippen LogP contribution is 2.47. The number of carbonyl (C=O) groups excluding carboxylic acids is 5. The van der Waals surface area contributed by atoms with Crippen molar-refractivity contribution in [3.63, 3.8) is 0 Å². The number of carbonyl (C=O) groups is 5. The van der Waals surface area contributed by atoms with Crippen molar-refractivity contribution >= 4 is 29.2 Å². The molecule has 2 fully saturated rings. The van der Waals surface area contributed by atoms with Crippen molar-refractivity contribution in [2.24, 2.45) is 29.1 Å². The first kappa shape index (κ1) is 48.0. The van der Waals surface area contributed by atoms with E-state index in [1.165, 1.54) is 6.42 Å². The molecule has 2 unspecified atom stereocenters. The van der Waals surface area contributed by atoms with Crippen LogP contribution in [0.15, 0.2) is 60.7 Å². The van der Waals surface area contributed by atoms with E-state index in [2.05, 4.69) is 27.5 Å². The second kappa shape index (κ2) is 24.5. The van der Waals surface area contributed by atoms with E-state index in [-0.39, 0.29) is 53.8 Å². The van der Waals surface area contributed by atoms with Crippen molar-refractivity contribution in [2.75, 3.05) is 39.8 Å². The molecule has 326 valence electrons. The monoisotopic (exact) mass is 813 g/mol. The zero-order chi connectivity index (χ0) is 42.8. The number of rotatable bonds is 28. The summed E-state index contributed by atoms with van der Waals surface area (Å²) in [5, 5.41) is 6.19. The summed E-state index contributed by atoms with van der Waals surface area (Å²) in [4.78, 5) is 74.6. The van der Waals surface area contributed by atoms with Gasteiger partial charge in [-0.05, 0) is 94.3 Å². The number of nitrogens with one attached hydrogen (secondary N) is 2. The highest BCUT2D eigenvalue weighted by Gasteiger charge is 2.48. The van der Waals surface area contributed by atoms with Crippen LogP contribution in [0.1, 0.15) is 129 Å². The molecule has 2 aliphatic rings. The highest BCUT2D eigenvalue weighted by atomic mass is 16.2. The third kappa shape index (κ3) is 17.4. The summed E-state index contributed by atoms with van der Waals surface area (Å²) in [5.74, 6) is -1.60. The lowest BCUT2D eigenvalue weighted by atomic mass is 9.87. The first-order valence-corrected chi connectivity index (χ1v) is 22.9. The van der Waals surface area contributed by atoms with Gasteiger partial charge in [0.25, 0.3) is 0 Å². The van der Waals surface area contributed by atoms with Crippen molar-refractivity contribution in [3.05, 3.63) is 71.8 Å². The van der Waals surface area contributed by atoms with Crippen LogP contribution in [0.5, 0.6) is 0 Å². The third-order valence-corrected chi connectivity index (χ3v) is 12.5. The molecule has 59 heavy (non-hydrogen) atoms. The van der Waals surface area contributed by atoms with E-state index >= 15 is 0 Å². The maximum absolute atomic E-state index is 14.3. The average Bonchev–Trinajstić information content (AvgIpc) is 3.97. The van der Waals surface area contributed by atoms with Crippen molar-refractivity contribution in [1.82, 2.24) is 20.4 Å². The van der Waals surface area contributed by atoms with Crippen molar-refractivity contribution < 1.29 is 24.0 Å². The number of nitrogens with zero attached hydrogens (tertiary/aromatic N) is 2. The number of amides is 2. The Balaban J connectivity index is 1.40. The lowest BCUT2D eigenvalue weighted by molar-refractivity contribution is -0.135. The molecule has 0 spiro atoms. The quantitative estimate of drug-likeness (QED) is 0.0837. The van der Waals surface area contributed by atoms with Gasteiger partial charge in [-0.1, -0.05) is 115 Å². The molecule has 0 aromatic heterocycles. The van der Waals surface area contributed by atoms with Gasteiger partial charge in [0.05, 0.1) is 12.1 Å². The van der Waals surface area contributed by atoms with E-state index in [0.717, 1.165) is 82.4 Å². The fourth-order valence-electron chi connectivity index (χ4n) is 8.37. The van der Waals surface area contributed by atoms with E-state index in [4.69, 9.17) is 0 Å². The summed E-state index contributed by atoms with van der Waals surface area (Å²) in [5.41, 5.74) is 1.63. The SMILES string of the molecule is CC(C)CC(NC(=O)C(CC(=O)[C@H](CC(C)C)NC(=O)[C@H](CCc1ccccc1)CC(=O)CCCCCCCN1CCN(C)CC1)Cc1ccccc1)C(=O)C1(C)CC1. The number of piperazine rings is 1. The molecule has 1 saturated carbocycles. The number of aryl methyl sites for hydroxylation is 1. The van der Waals surface area contributed by atoms with Crippen LogP contribution >= 0.6 is 0 Å². The normalized spacial score (nSPS) is 17.6. The Labute approximate surface area is 356 Å². The summed E-state index contributed by atoms with van der Waals surface area (Å²) in [6, 6.07) is 18.2. The van der Waals surface area contributed by atoms with Crippen LogP contribution < -0.4 is 10.6 Å². The van der Waals surface area contributed by atoms with Gasteiger partial charge < -0.3 is 20.4 Å². The predicted octanol–water partition coefficient (Wildman–Crippen LogP) is 8.03. The molecule has 4 atom stereocenters. The van der Waals surface area contributed by atoms with Gasteiger partial charge >= 0.3 is 0 Å². The highest BCUT2D eigenvalue weighted by molar-refractivity contribution is 5.97. The Kier molecular flexibility index (Phi) is 20.0. The van der Waals surface area contributed by atoms with Crippen LogP contribution in [0, 0.1) is 29.1 Å². The molecule has 1 saturated heterocycles. The number of hydrogen-bond donors (Lipinski definition) is 2. The van der Waals surface area contributed by atoms with Crippen LogP contribution in [0.2, 0.25) is 0 Å². The Hall–Kier alpha value is -3.69. The number of Topliss-reactive ketones (excluding diaryl/α,β-unsaturated/α-hetero) is 3. The summed E-state index contributed by atoms with van der Waals surface area (Å²) < 4.78 is 0. The minimum absolute atomic E-state index is 0.0682. The maximum Gasteiger partial charge on any atom is 0.224 e. The zero-order valence-corrected chi connectivity index (χ0v) is 37.3. The Morgan fingerprint density at radius 1 is 0.661 bits per heavy atom. The number of unbranched alkanes of at least 4 members (excludes halogenated alkanes) is 4. The molecule has 0 radical (unpaired) electrons. The first-order valence-electron chi connectivity index (χ1n) is 22.9. The van der Waals surface area contributed by atoms with Crippen LogP contribution in [0.3, 0.4) is 0 Å². The second-order valence-electron chi connectivity index (χ2n) is 19.0. The standard InChI is InChI=1S/C50H76N4O5/c1-37(2)32-44(46(56)36-42(34-40-20-14-11-15-21-40)49(59)52-45(33-38(3)4)47(57)50(5)25-26-50)51-48(58)41(24-23-39-18-12-10-13-19-39)35-43(55)22-16-8-7-9-17-27-54-30-28-53(6)29-31-54/h10-15,18-21,37-38,41-42,44-45H,7-9,16-17,22-36H2,1-6H3,(H,51,58)(H,52,59)/t41-,42?,44+,45?/m1/s1. The van der Waals surface area contributed by atoms with Crippen molar-refractivity contribution in [2.45, 2.75) is 143 Å². The molecule has 1 aliphatic carbocycles. The first-order chi connectivity index (χ1) is 28.2. The van der Waals surface area contributed by atoms with Gasteiger partial charge in [0.1, 0.15) is 5.78 Å². The number of ketones is 3. The van der Waals surface area contributed by atoms with Crippen LogP contribution in [0.4, 0.5) is 0 Å².